The highest BCUT2D eigenvalue weighted by Crippen LogP contribution is 2.33. The molecule has 0 spiro atoms. The summed E-state index contributed by atoms with van der Waals surface area (Å²) in [5, 5.41) is 43.5. The number of carboxylic acids is 2. The first-order chi connectivity index (χ1) is 18.3. The summed E-state index contributed by atoms with van der Waals surface area (Å²) in [6, 6.07) is 20.4. The number of aryl methyl sites for hydroxylation is 2. The lowest BCUT2D eigenvalue weighted by Crippen LogP contribution is -2.71. The molecule has 2 unspecified atom stereocenters. The highest BCUT2D eigenvalue weighted by molar-refractivity contribution is 6.28. The number of aliphatic hydroxyl groups is 2. The lowest BCUT2D eigenvalue weighted by Gasteiger charge is -2.35. The van der Waals surface area contributed by atoms with Crippen molar-refractivity contribution in [2.45, 2.75) is 25.0 Å². The second-order valence-electron chi connectivity index (χ2n) is 8.51. The second-order valence-corrected chi connectivity index (χ2v) is 8.51. The molecule has 0 saturated carbocycles. The Hall–Kier alpha value is -4.87. The van der Waals surface area contributed by atoms with Crippen LogP contribution in [0.4, 0.5) is 5.69 Å². The molecule has 0 radical (unpaired) electrons. The molecular formula is C28H28N2O9. The number of carboxylic acid groups (broad SMARTS) is 2. The van der Waals surface area contributed by atoms with Crippen LogP contribution < -0.4 is 11.1 Å². The molecule has 2 atom stereocenters. The summed E-state index contributed by atoms with van der Waals surface area (Å²) >= 11 is 0. The number of primary amides is 1. The molecule has 0 fully saturated rings. The number of anilines is 1. The van der Waals surface area contributed by atoms with E-state index in [1.54, 1.807) is 0 Å². The summed E-state index contributed by atoms with van der Waals surface area (Å²) in [5.74, 6) is -8.33. The van der Waals surface area contributed by atoms with Crippen LogP contribution in [0, 0.1) is 13.8 Å². The van der Waals surface area contributed by atoms with Crippen LogP contribution in [0.3, 0.4) is 0 Å². The molecule has 11 heteroatoms. The molecule has 1 amide bonds. The van der Waals surface area contributed by atoms with Crippen LogP contribution in [0.25, 0.3) is 0 Å². The molecule has 3 rings (SSSR count). The molecule has 0 aliphatic carbocycles. The highest BCUT2D eigenvalue weighted by Gasteiger charge is 2.70. The molecule has 0 bridgehead atoms. The Balaban J connectivity index is 0.000000404. The van der Waals surface area contributed by atoms with Crippen LogP contribution in [0.15, 0.2) is 78.9 Å². The standard InChI is InChI=1S/C20H18O8.C8H10N2O/c1-11-7-3-5-9-13(11)15(21)19(27,17(23)24)20(28,18(25)26)16(22)14-10-6-4-8-12(14)2;9-8(11)6-10-7-4-2-1-3-5-7/h3-10,27-28H,1-2H3,(H,23,24)(H,25,26);1-5,10H,6H2,(H2,9,11). The van der Waals surface area contributed by atoms with Crippen LogP contribution >= 0.6 is 0 Å². The summed E-state index contributed by atoms with van der Waals surface area (Å²) < 4.78 is 0. The number of benzene rings is 3. The maximum absolute atomic E-state index is 12.9. The lowest BCUT2D eigenvalue weighted by molar-refractivity contribution is -0.187. The predicted molar refractivity (Wildman–Crippen MR) is 140 cm³/mol. The first-order valence-corrected chi connectivity index (χ1v) is 11.5. The van der Waals surface area contributed by atoms with Gasteiger partial charge in [-0.05, 0) is 37.1 Å². The Labute approximate surface area is 223 Å². The van der Waals surface area contributed by atoms with E-state index < -0.39 is 34.7 Å². The number of nitrogens with two attached hydrogens (primary N) is 1. The van der Waals surface area contributed by atoms with E-state index >= 15 is 0 Å². The molecule has 3 aromatic carbocycles. The summed E-state index contributed by atoms with van der Waals surface area (Å²) in [6.07, 6.45) is 0. The predicted octanol–water partition coefficient (Wildman–Crippen LogP) is 1.58. The number of amides is 1. The van der Waals surface area contributed by atoms with E-state index in [0.29, 0.717) is 0 Å². The van der Waals surface area contributed by atoms with E-state index in [1.165, 1.54) is 50.2 Å². The number of hydrogen-bond acceptors (Lipinski definition) is 8. The molecule has 3 aromatic rings. The quantitative estimate of drug-likeness (QED) is 0.163. The Morgan fingerprint density at radius 1 is 0.667 bits per heavy atom. The molecule has 0 aliphatic rings. The third-order valence-electron chi connectivity index (χ3n) is 5.82. The molecule has 0 aliphatic heterocycles. The Morgan fingerprint density at radius 3 is 1.36 bits per heavy atom. The van der Waals surface area contributed by atoms with Gasteiger partial charge in [0.2, 0.25) is 17.5 Å². The monoisotopic (exact) mass is 536 g/mol. The summed E-state index contributed by atoms with van der Waals surface area (Å²) in [4.78, 5) is 59.9. The van der Waals surface area contributed by atoms with E-state index in [1.807, 2.05) is 30.3 Å². The maximum atomic E-state index is 12.9. The first-order valence-electron chi connectivity index (χ1n) is 11.5. The average Bonchev–Trinajstić information content (AvgIpc) is 2.91. The third kappa shape index (κ3) is 6.35. The van der Waals surface area contributed by atoms with Crippen molar-refractivity contribution in [2.24, 2.45) is 5.73 Å². The van der Waals surface area contributed by atoms with E-state index in [9.17, 15) is 44.4 Å². The van der Waals surface area contributed by atoms with Gasteiger partial charge >= 0.3 is 11.9 Å². The third-order valence-corrected chi connectivity index (χ3v) is 5.82. The number of ketones is 2. The van der Waals surface area contributed by atoms with Crippen LogP contribution in [0.2, 0.25) is 0 Å². The zero-order chi connectivity index (χ0) is 29.4. The van der Waals surface area contributed by atoms with Gasteiger partial charge in [-0.2, -0.15) is 0 Å². The SMILES string of the molecule is Cc1ccccc1C(=O)C(O)(C(=O)O)C(O)(C(=O)O)C(=O)c1ccccc1C.NC(=O)CNc1ccccc1. The summed E-state index contributed by atoms with van der Waals surface area (Å²) in [7, 11) is 0. The summed E-state index contributed by atoms with van der Waals surface area (Å²) in [6.45, 7) is 3.04. The highest BCUT2D eigenvalue weighted by atomic mass is 16.5. The number of aliphatic carboxylic acids is 2. The minimum absolute atomic E-state index is 0.185. The number of Topliss-reactive ketones (excluding diaryl/α,β-unsaturated/α-hetero) is 2. The molecule has 11 nitrogen and oxygen atoms in total. The lowest BCUT2D eigenvalue weighted by atomic mass is 9.72. The minimum atomic E-state index is -3.97. The van der Waals surface area contributed by atoms with Crippen molar-refractivity contribution >= 4 is 35.1 Å². The normalized spacial score (nSPS) is 13.4. The average molecular weight is 537 g/mol. The van der Waals surface area contributed by atoms with Gasteiger partial charge in [-0.15, -0.1) is 0 Å². The van der Waals surface area contributed by atoms with Crippen molar-refractivity contribution < 1.29 is 44.4 Å². The van der Waals surface area contributed by atoms with Gasteiger partial charge in [-0.3, -0.25) is 14.4 Å². The fourth-order valence-corrected chi connectivity index (χ4v) is 3.62. The van der Waals surface area contributed by atoms with Crippen molar-refractivity contribution in [1.29, 1.82) is 0 Å². The molecule has 0 saturated heterocycles. The van der Waals surface area contributed by atoms with E-state index in [4.69, 9.17) is 5.73 Å². The molecule has 0 heterocycles. The molecule has 7 N–H and O–H groups in total. The van der Waals surface area contributed by atoms with Crippen molar-refractivity contribution in [3.05, 3.63) is 101 Å². The number of nitrogens with one attached hydrogen (secondary N) is 1. The Kier molecular flexibility index (Phi) is 9.80. The number of carbonyl (C=O) groups is 5. The molecule has 0 aromatic heterocycles. The van der Waals surface area contributed by atoms with Gasteiger partial charge < -0.3 is 31.5 Å². The number of carbonyl (C=O) groups excluding carboxylic acids is 3. The molecule has 204 valence electrons. The largest absolute Gasteiger partial charge is 0.479 e. The van der Waals surface area contributed by atoms with E-state index in [0.717, 1.165) is 17.8 Å². The van der Waals surface area contributed by atoms with E-state index in [2.05, 4.69) is 5.32 Å². The first kappa shape index (κ1) is 30.4. The fraction of sp³-hybridized carbons (Fsp3) is 0.179. The van der Waals surface area contributed by atoms with Crippen molar-refractivity contribution in [1.82, 2.24) is 0 Å². The van der Waals surface area contributed by atoms with Gasteiger partial charge in [0.15, 0.2) is 0 Å². The number of hydrogen-bond donors (Lipinski definition) is 6. The fourth-order valence-electron chi connectivity index (χ4n) is 3.62. The Bertz CT molecular complexity index is 1310. The van der Waals surface area contributed by atoms with Crippen molar-refractivity contribution in [3.8, 4) is 0 Å². The van der Waals surface area contributed by atoms with Gasteiger partial charge in [0.25, 0.3) is 11.2 Å². The van der Waals surface area contributed by atoms with Crippen LogP contribution in [-0.2, 0) is 14.4 Å². The zero-order valence-electron chi connectivity index (χ0n) is 21.1. The summed E-state index contributed by atoms with van der Waals surface area (Å²) in [5.41, 5.74) is -2.32. The van der Waals surface area contributed by atoms with Gasteiger partial charge in [0.05, 0.1) is 6.54 Å². The molecule has 39 heavy (non-hydrogen) atoms. The van der Waals surface area contributed by atoms with Gasteiger partial charge in [0, 0.05) is 16.8 Å². The maximum Gasteiger partial charge on any atom is 0.348 e. The van der Waals surface area contributed by atoms with Gasteiger partial charge in [-0.1, -0.05) is 66.7 Å². The Morgan fingerprint density at radius 2 is 1.03 bits per heavy atom. The van der Waals surface area contributed by atoms with Gasteiger partial charge in [-0.25, -0.2) is 9.59 Å². The second kappa shape index (κ2) is 12.6. The van der Waals surface area contributed by atoms with E-state index in [-0.39, 0.29) is 34.7 Å². The number of para-hydroxylation sites is 1. The van der Waals surface area contributed by atoms with Crippen molar-refractivity contribution in [3.63, 3.8) is 0 Å². The number of rotatable bonds is 10. The van der Waals surface area contributed by atoms with Crippen LogP contribution in [0.5, 0.6) is 0 Å². The zero-order valence-corrected chi connectivity index (χ0v) is 21.1. The molecular weight excluding hydrogens is 508 g/mol. The van der Waals surface area contributed by atoms with Crippen LogP contribution in [-0.4, -0.2) is 67.6 Å². The topological polar surface area (TPSA) is 204 Å². The van der Waals surface area contributed by atoms with Crippen molar-refractivity contribution in [2.75, 3.05) is 11.9 Å². The smallest absolute Gasteiger partial charge is 0.348 e. The van der Waals surface area contributed by atoms with Gasteiger partial charge in [0.1, 0.15) is 0 Å². The van der Waals surface area contributed by atoms with Crippen LogP contribution in [0.1, 0.15) is 31.8 Å². The minimum Gasteiger partial charge on any atom is -0.479 e.